The molecule has 0 radical (unpaired) electrons. The van der Waals surface area contributed by atoms with Crippen LogP contribution in [0.3, 0.4) is 0 Å². The lowest BCUT2D eigenvalue weighted by Gasteiger charge is -2.12. The lowest BCUT2D eigenvalue weighted by molar-refractivity contribution is -0.144. The van der Waals surface area contributed by atoms with Crippen molar-refractivity contribution in [3.8, 4) is 0 Å². The topological polar surface area (TPSA) is 81.4 Å². The fourth-order valence-corrected chi connectivity index (χ4v) is 2.11. The molecule has 1 aromatic heterocycles. The third-order valence-electron chi connectivity index (χ3n) is 2.10. The maximum Gasteiger partial charge on any atom is 0.328 e. The van der Waals surface area contributed by atoms with Crippen LogP contribution in [0.25, 0.3) is 0 Å². The molecule has 0 spiro atoms. The van der Waals surface area contributed by atoms with Crippen LogP contribution in [0.15, 0.2) is 11.4 Å². The van der Waals surface area contributed by atoms with Crippen molar-refractivity contribution in [3.05, 3.63) is 11.9 Å². The van der Waals surface area contributed by atoms with Gasteiger partial charge < -0.3 is 14.4 Å². The van der Waals surface area contributed by atoms with Gasteiger partial charge in [-0.1, -0.05) is 11.8 Å². The van der Waals surface area contributed by atoms with E-state index in [-0.39, 0.29) is 11.7 Å². The molecule has 6 nitrogen and oxygen atoms in total. The van der Waals surface area contributed by atoms with Crippen LogP contribution >= 0.6 is 11.8 Å². The first-order valence-corrected chi connectivity index (χ1v) is 5.92. The van der Waals surface area contributed by atoms with Crippen molar-refractivity contribution >= 4 is 23.7 Å². The van der Waals surface area contributed by atoms with Gasteiger partial charge in [-0.3, -0.25) is 4.79 Å². The Morgan fingerprint density at radius 2 is 2.29 bits per heavy atom. The van der Waals surface area contributed by atoms with E-state index in [4.69, 9.17) is 5.11 Å². The summed E-state index contributed by atoms with van der Waals surface area (Å²) in [4.78, 5) is 26.1. The highest BCUT2D eigenvalue weighted by Crippen LogP contribution is 2.22. The van der Waals surface area contributed by atoms with Crippen molar-refractivity contribution < 1.29 is 19.4 Å². The minimum atomic E-state index is -0.923. The maximum atomic E-state index is 11.4. The molecule has 0 fully saturated rings. The molecule has 0 bridgehead atoms. The summed E-state index contributed by atoms with van der Waals surface area (Å²) in [6.45, 7) is 3.46. The maximum absolute atomic E-state index is 11.4. The highest BCUT2D eigenvalue weighted by atomic mass is 32.2. The second-order valence-corrected chi connectivity index (χ2v) is 4.40. The van der Waals surface area contributed by atoms with Gasteiger partial charge in [0.2, 0.25) is 0 Å². The number of rotatable bonds is 5. The van der Waals surface area contributed by atoms with E-state index >= 15 is 0 Å². The number of carbonyl (C=O) groups is 2. The highest BCUT2D eigenvalue weighted by Gasteiger charge is 2.20. The van der Waals surface area contributed by atoms with Crippen LogP contribution in [-0.2, 0) is 14.3 Å². The molecule has 17 heavy (non-hydrogen) atoms. The Morgan fingerprint density at radius 1 is 1.65 bits per heavy atom. The summed E-state index contributed by atoms with van der Waals surface area (Å²) in [6.07, 6.45) is 1.70. The van der Waals surface area contributed by atoms with Gasteiger partial charge in [0.25, 0.3) is 0 Å². The van der Waals surface area contributed by atoms with Crippen molar-refractivity contribution in [2.45, 2.75) is 25.0 Å². The second kappa shape index (κ2) is 5.72. The molecule has 1 atom stereocenters. The second-order valence-electron chi connectivity index (χ2n) is 3.45. The summed E-state index contributed by atoms with van der Waals surface area (Å²) in [6, 6.07) is -0.516. The number of methoxy groups -OCH3 is 1. The predicted octanol–water partition coefficient (Wildman–Crippen LogP) is 1.10. The Kier molecular flexibility index (Phi) is 4.56. The summed E-state index contributed by atoms with van der Waals surface area (Å²) in [5.41, 5.74) is 0.730. The Bertz CT molecular complexity index is 430. The third kappa shape index (κ3) is 3.48. The molecular weight excluding hydrogens is 244 g/mol. The SMILES string of the molecule is COC(=O)C(C)n1cc(C)nc1SCC(=O)O. The van der Waals surface area contributed by atoms with E-state index in [2.05, 4.69) is 9.72 Å². The number of esters is 1. The molecule has 0 aliphatic carbocycles. The zero-order valence-corrected chi connectivity index (χ0v) is 10.7. The molecule has 0 saturated heterocycles. The van der Waals surface area contributed by atoms with Crippen LogP contribution < -0.4 is 0 Å². The third-order valence-corrected chi connectivity index (χ3v) is 3.05. The summed E-state index contributed by atoms with van der Waals surface area (Å²) >= 11 is 1.08. The molecule has 0 aliphatic rings. The van der Waals surface area contributed by atoms with Crippen LogP contribution in [0.1, 0.15) is 18.7 Å². The molecule has 1 aromatic rings. The quantitative estimate of drug-likeness (QED) is 0.629. The van der Waals surface area contributed by atoms with Crippen molar-refractivity contribution in [1.82, 2.24) is 9.55 Å². The summed E-state index contributed by atoms with van der Waals surface area (Å²) in [5, 5.41) is 9.12. The highest BCUT2D eigenvalue weighted by molar-refractivity contribution is 7.99. The minimum Gasteiger partial charge on any atom is -0.481 e. The minimum absolute atomic E-state index is 0.0929. The van der Waals surface area contributed by atoms with Gasteiger partial charge in [0, 0.05) is 6.20 Å². The van der Waals surface area contributed by atoms with E-state index in [9.17, 15) is 9.59 Å². The van der Waals surface area contributed by atoms with E-state index in [1.807, 2.05) is 0 Å². The predicted molar refractivity (Wildman–Crippen MR) is 62.1 cm³/mol. The Labute approximate surface area is 103 Å². The average molecular weight is 258 g/mol. The monoisotopic (exact) mass is 258 g/mol. The molecule has 1 unspecified atom stereocenters. The normalized spacial score (nSPS) is 12.2. The number of nitrogens with zero attached hydrogens (tertiary/aromatic N) is 2. The van der Waals surface area contributed by atoms with Crippen molar-refractivity contribution in [2.24, 2.45) is 0 Å². The van der Waals surface area contributed by atoms with E-state index in [1.54, 1.807) is 24.6 Å². The van der Waals surface area contributed by atoms with Gasteiger partial charge in [-0.25, -0.2) is 9.78 Å². The first kappa shape index (κ1) is 13.6. The van der Waals surface area contributed by atoms with Gasteiger partial charge in [0.1, 0.15) is 6.04 Å². The van der Waals surface area contributed by atoms with Gasteiger partial charge in [0.15, 0.2) is 5.16 Å². The summed E-state index contributed by atoms with van der Waals surface area (Å²) in [7, 11) is 1.31. The summed E-state index contributed by atoms with van der Waals surface area (Å²) < 4.78 is 6.26. The molecule has 1 rings (SSSR count). The lowest BCUT2D eigenvalue weighted by Crippen LogP contribution is -2.18. The van der Waals surface area contributed by atoms with E-state index in [0.717, 1.165) is 17.5 Å². The standard InChI is InChI=1S/C10H14N2O4S/c1-6-4-12(7(2)9(15)16-3)10(11-6)17-5-8(13)14/h4,7H,5H2,1-3H3,(H,13,14). The number of aromatic nitrogens is 2. The molecule has 1 heterocycles. The van der Waals surface area contributed by atoms with Gasteiger partial charge in [-0.15, -0.1) is 0 Å². The molecule has 0 amide bonds. The van der Waals surface area contributed by atoms with E-state index in [1.165, 1.54) is 7.11 Å². The number of imidazole rings is 1. The lowest BCUT2D eigenvalue weighted by atomic mass is 10.3. The van der Waals surface area contributed by atoms with Crippen molar-refractivity contribution in [1.29, 1.82) is 0 Å². The van der Waals surface area contributed by atoms with Crippen molar-refractivity contribution in [3.63, 3.8) is 0 Å². The number of carboxylic acid groups (broad SMARTS) is 1. The number of aliphatic carboxylic acids is 1. The smallest absolute Gasteiger partial charge is 0.328 e. The Balaban J connectivity index is 2.90. The Morgan fingerprint density at radius 3 is 2.82 bits per heavy atom. The number of ether oxygens (including phenoxy) is 1. The van der Waals surface area contributed by atoms with E-state index in [0.29, 0.717) is 5.16 Å². The average Bonchev–Trinajstić information content (AvgIpc) is 2.65. The zero-order chi connectivity index (χ0) is 13.0. The number of hydrogen-bond donors (Lipinski definition) is 1. The van der Waals surface area contributed by atoms with Crippen LogP contribution in [-0.4, -0.2) is 39.5 Å². The fourth-order valence-electron chi connectivity index (χ4n) is 1.29. The van der Waals surface area contributed by atoms with Crippen LogP contribution in [0, 0.1) is 6.92 Å². The molecular formula is C10H14N2O4S. The fraction of sp³-hybridized carbons (Fsp3) is 0.500. The van der Waals surface area contributed by atoms with Crippen molar-refractivity contribution in [2.75, 3.05) is 12.9 Å². The van der Waals surface area contributed by atoms with Gasteiger partial charge in [0.05, 0.1) is 18.6 Å². The molecule has 0 saturated carbocycles. The summed E-state index contributed by atoms with van der Waals surface area (Å²) in [5.74, 6) is -1.41. The number of thioether (sulfide) groups is 1. The molecule has 7 heteroatoms. The molecule has 1 N–H and O–H groups in total. The molecule has 94 valence electrons. The number of hydrogen-bond acceptors (Lipinski definition) is 5. The first-order chi connectivity index (χ1) is 7.95. The number of aryl methyl sites for hydroxylation is 1. The van der Waals surface area contributed by atoms with Gasteiger partial charge in [-0.05, 0) is 13.8 Å². The number of carbonyl (C=O) groups excluding carboxylic acids is 1. The van der Waals surface area contributed by atoms with Crippen LogP contribution in [0.5, 0.6) is 0 Å². The van der Waals surface area contributed by atoms with Crippen LogP contribution in [0.4, 0.5) is 0 Å². The van der Waals surface area contributed by atoms with E-state index < -0.39 is 12.0 Å². The van der Waals surface area contributed by atoms with Crippen LogP contribution in [0.2, 0.25) is 0 Å². The first-order valence-electron chi connectivity index (χ1n) is 4.93. The zero-order valence-electron chi connectivity index (χ0n) is 9.84. The van der Waals surface area contributed by atoms with Gasteiger partial charge >= 0.3 is 11.9 Å². The van der Waals surface area contributed by atoms with Gasteiger partial charge in [-0.2, -0.15) is 0 Å². The molecule has 0 aromatic carbocycles. The number of carboxylic acids is 1. The largest absolute Gasteiger partial charge is 0.481 e. The Hall–Kier alpha value is -1.50. The molecule has 0 aliphatic heterocycles.